The highest BCUT2D eigenvalue weighted by Crippen LogP contribution is 2.27. The average Bonchev–Trinajstić information content (AvgIpc) is 3.30. The van der Waals surface area contributed by atoms with E-state index in [4.69, 9.17) is 16.6 Å². The quantitative estimate of drug-likeness (QED) is 0.338. The molecular weight excluding hydrogens is 432 g/mol. The Balaban J connectivity index is 1.44. The summed E-state index contributed by atoms with van der Waals surface area (Å²) in [7, 11) is 0. The van der Waals surface area contributed by atoms with Crippen molar-refractivity contribution in [3.63, 3.8) is 0 Å². The fourth-order valence-corrected chi connectivity index (χ4v) is 4.17. The first-order valence-electron chi connectivity index (χ1n) is 11.0. The van der Waals surface area contributed by atoms with E-state index in [9.17, 15) is 4.79 Å². The van der Waals surface area contributed by atoms with Crippen molar-refractivity contribution in [3.05, 3.63) is 101 Å². The van der Waals surface area contributed by atoms with Crippen molar-refractivity contribution in [2.45, 2.75) is 26.3 Å². The van der Waals surface area contributed by atoms with Crippen LogP contribution in [0, 0.1) is 0 Å². The number of hydrogen-bond donors (Lipinski definition) is 1. The van der Waals surface area contributed by atoms with Gasteiger partial charge in [-0.25, -0.2) is 9.97 Å². The summed E-state index contributed by atoms with van der Waals surface area (Å²) in [6.07, 6.45) is 7.59. The van der Waals surface area contributed by atoms with Gasteiger partial charge >= 0.3 is 0 Å². The first-order valence-corrected chi connectivity index (χ1v) is 11.4. The van der Waals surface area contributed by atoms with Gasteiger partial charge in [0.05, 0.1) is 11.2 Å². The number of aromatic nitrogens is 3. The van der Waals surface area contributed by atoms with E-state index in [-0.39, 0.29) is 5.91 Å². The summed E-state index contributed by atoms with van der Waals surface area (Å²) in [5.74, 6) is -0.127. The number of carbonyl (C=O) groups excluding carboxylic acids is 1. The summed E-state index contributed by atoms with van der Waals surface area (Å²) in [6, 6.07) is 19.5. The van der Waals surface area contributed by atoms with Gasteiger partial charge in [0.15, 0.2) is 0 Å². The maximum atomic E-state index is 12.9. The molecular formula is C27H23ClN4O. The first kappa shape index (κ1) is 21.2. The smallest absolute Gasteiger partial charge is 0.251 e. The molecule has 0 aliphatic rings. The lowest BCUT2D eigenvalue weighted by atomic mass is 9.99. The Morgan fingerprint density at radius 2 is 1.91 bits per heavy atom. The molecule has 0 bridgehead atoms. The van der Waals surface area contributed by atoms with Crippen molar-refractivity contribution in [2.24, 2.45) is 0 Å². The van der Waals surface area contributed by atoms with Crippen LogP contribution in [-0.4, -0.2) is 20.3 Å². The maximum Gasteiger partial charge on any atom is 0.251 e. The molecule has 1 amide bonds. The number of carbonyl (C=O) groups is 1. The van der Waals surface area contributed by atoms with Crippen molar-refractivity contribution in [1.29, 1.82) is 0 Å². The number of imidazole rings is 1. The molecule has 5 aromatic rings. The second-order valence-electron chi connectivity index (χ2n) is 8.07. The molecule has 0 radical (unpaired) electrons. The zero-order chi connectivity index (χ0) is 22.8. The van der Waals surface area contributed by atoms with Gasteiger partial charge < -0.3 is 9.72 Å². The van der Waals surface area contributed by atoms with Gasteiger partial charge in [0.1, 0.15) is 5.65 Å². The molecule has 3 aromatic heterocycles. The molecule has 0 spiro atoms. The highest BCUT2D eigenvalue weighted by atomic mass is 35.5. The van der Waals surface area contributed by atoms with Crippen LogP contribution < -0.4 is 5.32 Å². The number of hydrogen-bond acceptors (Lipinski definition) is 3. The Labute approximate surface area is 197 Å². The van der Waals surface area contributed by atoms with Crippen molar-refractivity contribution >= 4 is 34.1 Å². The van der Waals surface area contributed by atoms with E-state index < -0.39 is 0 Å². The Bertz CT molecular complexity index is 1460. The van der Waals surface area contributed by atoms with Gasteiger partial charge in [-0.2, -0.15) is 0 Å². The lowest BCUT2D eigenvalue weighted by Gasteiger charge is -2.11. The SMILES string of the molecule is CCCc1cc(-c2ccc(Cl)cc2)nc2cc(C(=O)NCc3ccc4nccn4c3)ccc12. The molecule has 3 heterocycles. The topological polar surface area (TPSA) is 59.3 Å². The number of nitrogens with one attached hydrogen (secondary N) is 1. The molecule has 164 valence electrons. The molecule has 0 aliphatic heterocycles. The van der Waals surface area contributed by atoms with E-state index in [1.807, 2.05) is 71.4 Å². The van der Waals surface area contributed by atoms with Crippen molar-refractivity contribution < 1.29 is 4.79 Å². The maximum absolute atomic E-state index is 12.9. The number of rotatable bonds is 6. The number of pyridine rings is 2. The van der Waals surface area contributed by atoms with E-state index in [1.54, 1.807) is 6.20 Å². The van der Waals surface area contributed by atoms with Gasteiger partial charge in [-0.1, -0.05) is 49.2 Å². The molecule has 5 rings (SSSR count). The molecule has 0 unspecified atom stereocenters. The van der Waals surface area contributed by atoms with Crippen molar-refractivity contribution in [1.82, 2.24) is 19.7 Å². The number of aryl methyl sites for hydroxylation is 1. The fraction of sp³-hybridized carbons (Fsp3) is 0.148. The lowest BCUT2D eigenvalue weighted by Crippen LogP contribution is -2.22. The van der Waals surface area contributed by atoms with Crippen LogP contribution in [0.4, 0.5) is 0 Å². The lowest BCUT2D eigenvalue weighted by molar-refractivity contribution is 0.0951. The van der Waals surface area contributed by atoms with Crippen LogP contribution in [0.3, 0.4) is 0 Å². The third-order valence-electron chi connectivity index (χ3n) is 5.72. The monoisotopic (exact) mass is 454 g/mol. The Morgan fingerprint density at radius 3 is 2.73 bits per heavy atom. The zero-order valence-corrected chi connectivity index (χ0v) is 19.0. The molecule has 0 fully saturated rings. The third kappa shape index (κ3) is 4.45. The average molecular weight is 455 g/mol. The van der Waals surface area contributed by atoms with E-state index in [2.05, 4.69) is 23.3 Å². The fourth-order valence-electron chi connectivity index (χ4n) is 4.04. The zero-order valence-electron chi connectivity index (χ0n) is 18.3. The van der Waals surface area contributed by atoms with Crippen LogP contribution in [0.25, 0.3) is 27.8 Å². The molecule has 0 saturated heterocycles. The Morgan fingerprint density at radius 1 is 1.06 bits per heavy atom. The normalized spacial score (nSPS) is 11.2. The number of benzene rings is 2. The van der Waals surface area contributed by atoms with Crippen molar-refractivity contribution in [3.8, 4) is 11.3 Å². The molecule has 5 nitrogen and oxygen atoms in total. The van der Waals surface area contributed by atoms with E-state index >= 15 is 0 Å². The van der Waals surface area contributed by atoms with Gasteiger partial charge in [-0.3, -0.25) is 4.79 Å². The van der Waals surface area contributed by atoms with E-state index in [0.29, 0.717) is 17.1 Å². The van der Waals surface area contributed by atoms with Crippen LogP contribution in [0.15, 0.2) is 79.3 Å². The summed E-state index contributed by atoms with van der Waals surface area (Å²) >= 11 is 6.06. The van der Waals surface area contributed by atoms with Crippen LogP contribution in [0.5, 0.6) is 0 Å². The molecule has 0 aliphatic carbocycles. The minimum Gasteiger partial charge on any atom is -0.348 e. The molecule has 1 N–H and O–H groups in total. The second-order valence-corrected chi connectivity index (χ2v) is 8.50. The minimum absolute atomic E-state index is 0.127. The van der Waals surface area contributed by atoms with Gasteiger partial charge in [0, 0.05) is 46.7 Å². The molecule has 2 aromatic carbocycles. The number of amides is 1. The van der Waals surface area contributed by atoms with Gasteiger partial charge in [-0.05, 0) is 53.9 Å². The number of fused-ring (bicyclic) bond motifs is 2. The van der Waals surface area contributed by atoms with Crippen LogP contribution in [0.2, 0.25) is 5.02 Å². The van der Waals surface area contributed by atoms with Crippen LogP contribution >= 0.6 is 11.6 Å². The first-order chi connectivity index (χ1) is 16.1. The summed E-state index contributed by atoms with van der Waals surface area (Å²) in [6.45, 7) is 2.60. The molecule has 33 heavy (non-hydrogen) atoms. The molecule has 6 heteroatoms. The predicted octanol–water partition coefficient (Wildman–Crippen LogP) is 6.09. The van der Waals surface area contributed by atoms with E-state index in [1.165, 1.54) is 5.56 Å². The largest absolute Gasteiger partial charge is 0.348 e. The number of halogens is 1. The second kappa shape index (κ2) is 9.04. The molecule has 0 saturated carbocycles. The van der Waals surface area contributed by atoms with E-state index in [0.717, 1.165) is 46.2 Å². The van der Waals surface area contributed by atoms with Gasteiger partial charge in [0.2, 0.25) is 0 Å². The van der Waals surface area contributed by atoms with Crippen molar-refractivity contribution in [2.75, 3.05) is 0 Å². The molecule has 0 atom stereocenters. The summed E-state index contributed by atoms with van der Waals surface area (Å²) in [4.78, 5) is 22.0. The number of nitrogens with zero attached hydrogens (tertiary/aromatic N) is 3. The highest BCUT2D eigenvalue weighted by molar-refractivity contribution is 6.30. The Hall–Kier alpha value is -3.70. The van der Waals surface area contributed by atoms with Crippen LogP contribution in [0.1, 0.15) is 34.8 Å². The highest BCUT2D eigenvalue weighted by Gasteiger charge is 2.12. The Kier molecular flexibility index (Phi) is 5.80. The summed E-state index contributed by atoms with van der Waals surface area (Å²) in [5, 5.41) is 4.79. The standard InChI is InChI=1S/C27H23ClN4O/c1-2-3-20-14-24(19-5-8-22(28)9-6-19)31-25-15-21(7-10-23(20)25)27(33)30-16-18-4-11-26-29-12-13-32(26)17-18/h4-15,17H,2-3,16H2,1H3,(H,30,33). The summed E-state index contributed by atoms with van der Waals surface area (Å²) in [5.41, 5.74) is 6.41. The minimum atomic E-state index is -0.127. The summed E-state index contributed by atoms with van der Waals surface area (Å²) < 4.78 is 1.94. The van der Waals surface area contributed by atoms with Gasteiger partial charge in [-0.15, -0.1) is 0 Å². The predicted molar refractivity (Wildman–Crippen MR) is 133 cm³/mol. The third-order valence-corrected chi connectivity index (χ3v) is 5.97. The van der Waals surface area contributed by atoms with Crippen LogP contribution in [-0.2, 0) is 13.0 Å². The van der Waals surface area contributed by atoms with Gasteiger partial charge in [0.25, 0.3) is 5.91 Å².